The zero-order valence-electron chi connectivity index (χ0n) is 10.0. The Bertz CT molecular complexity index is 216. The molecule has 4 heteroatoms. The highest BCUT2D eigenvalue weighted by Gasteiger charge is 2.23. The number of Topliss-reactive ketones (excluding diaryl/α,β-unsaturated/α-hetero) is 1. The van der Waals surface area contributed by atoms with Gasteiger partial charge in [-0.05, 0) is 12.8 Å². The van der Waals surface area contributed by atoms with Crippen LogP contribution in [0.1, 0.15) is 40.0 Å². The van der Waals surface area contributed by atoms with Crippen molar-refractivity contribution < 1.29 is 14.3 Å². The molecule has 88 valence electrons. The number of rotatable bonds is 6. The molecular formula is C11H21NO3. The second-order valence-electron chi connectivity index (χ2n) is 3.69. The van der Waals surface area contributed by atoms with Crippen LogP contribution in [0.25, 0.3) is 0 Å². The summed E-state index contributed by atoms with van der Waals surface area (Å²) in [6, 6.07) is -0.405. The quantitative estimate of drug-likeness (QED) is 0.738. The number of carbonyl (C=O) groups excluding carboxylic acids is 2. The summed E-state index contributed by atoms with van der Waals surface area (Å²) in [5.41, 5.74) is 0. The van der Waals surface area contributed by atoms with E-state index in [0.29, 0.717) is 6.42 Å². The third-order valence-electron chi connectivity index (χ3n) is 2.50. The SMILES string of the molecule is CCC[C@H](NC(=O)OC)C(=O)C(C)CC. The predicted octanol–water partition coefficient (Wildman–Crippen LogP) is 2.13. The molecule has 4 nitrogen and oxygen atoms in total. The van der Waals surface area contributed by atoms with Crippen molar-refractivity contribution in [3.05, 3.63) is 0 Å². The zero-order chi connectivity index (χ0) is 11.8. The van der Waals surface area contributed by atoms with E-state index in [2.05, 4.69) is 10.1 Å². The van der Waals surface area contributed by atoms with E-state index in [-0.39, 0.29) is 11.7 Å². The highest BCUT2D eigenvalue weighted by molar-refractivity contribution is 5.88. The topological polar surface area (TPSA) is 55.4 Å². The average Bonchev–Trinajstić information content (AvgIpc) is 2.26. The number of ketones is 1. The normalized spacial score (nSPS) is 14.1. The van der Waals surface area contributed by atoms with Gasteiger partial charge in [0, 0.05) is 5.92 Å². The molecule has 1 N–H and O–H groups in total. The Morgan fingerprint density at radius 3 is 2.33 bits per heavy atom. The lowest BCUT2D eigenvalue weighted by Gasteiger charge is -2.19. The largest absolute Gasteiger partial charge is 0.453 e. The summed E-state index contributed by atoms with van der Waals surface area (Å²) >= 11 is 0. The first-order valence-corrected chi connectivity index (χ1v) is 5.44. The van der Waals surface area contributed by atoms with Crippen LogP contribution in [0.2, 0.25) is 0 Å². The minimum absolute atomic E-state index is 0.0151. The monoisotopic (exact) mass is 215 g/mol. The van der Waals surface area contributed by atoms with Gasteiger partial charge in [0.2, 0.25) is 0 Å². The third-order valence-corrected chi connectivity index (χ3v) is 2.50. The van der Waals surface area contributed by atoms with E-state index in [9.17, 15) is 9.59 Å². The van der Waals surface area contributed by atoms with Crippen molar-refractivity contribution in [1.82, 2.24) is 5.32 Å². The van der Waals surface area contributed by atoms with Crippen molar-refractivity contribution in [3.8, 4) is 0 Å². The summed E-state index contributed by atoms with van der Waals surface area (Å²) in [4.78, 5) is 22.9. The number of hydrogen-bond donors (Lipinski definition) is 1. The van der Waals surface area contributed by atoms with E-state index in [4.69, 9.17) is 0 Å². The molecule has 0 radical (unpaired) electrons. The molecule has 0 aliphatic carbocycles. The standard InChI is InChI=1S/C11H21NO3/c1-5-7-9(12-11(14)15-4)10(13)8(3)6-2/h8-9H,5-7H2,1-4H3,(H,12,14)/t8?,9-/m0/s1. The Balaban J connectivity index is 4.37. The van der Waals surface area contributed by atoms with Gasteiger partial charge >= 0.3 is 6.09 Å². The molecule has 1 amide bonds. The second kappa shape index (κ2) is 7.26. The first-order chi connectivity index (χ1) is 7.06. The lowest BCUT2D eigenvalue weighted by molar-refractivity contribution is -0.124. The van der Waals surface area contributed by atoms with Gasteiger partial charge in [-0.25, -0.2) is 4.79 Å². The maximum atomic E-state index is 11.8. The van der Waals surface area contributed by atoms with E-state index in [1.165, 1.54) is 7.11 Å². The molecule has 0 aromatic rings. The molecule has 0 saturated heterocycles. The average molecular weight is 215 g/mol. The molecule has 0 aromatic carbocycles. The molecule has 0 aromatic heterocycles. The van der Waals surface area contributed by atoms with Gasteiger partial charge in [-0.2, -0.15) is 0 Å². The smallest absolute Gasteiger partial charge is 0.407 e. The number of amides is 1. The molecule has 0 aliphatic heterocycles. The Morgan fingerprint density at radius 2 is 1.93 bits per heavy atom. The van der Waals surface area contributed by atoms with Crippen molar-refractivity contribution in [3.63, 3.8) is 0 Å². The van der Waals surface area contributed by atoms with Gasteiger partial charge in [0.25, 0.3) is 0 Å². The number of ether oxygens (including phenoxy) is 1. The molecule has 15 heavy (non-hydrogen) atoms. The summed E-state index contributed by atoms with van der Waals surface area (Å²) in [5.74, 6) is 0.0726. The molecule has 0 saturated carbocycles. The van der Waals surface area contributed by atoms with Crippen LogP contribution < -0.4 is 5.32 Å². The number of alkyl carbamates (subject to hydrolysis) is 1. The Kier molecular flexibility index (Phi) is 6.75. The van der Waals surface area contributed by atoms with Crippen LogP contribution in [0, 0.1) is 5.92 Å². The number of carbonyl (C=O) groups is 2. The first-order valence-electron chi connectivity index (χ1n) is 5.44. The number of nitrogens with one attached hydrogen (secondary N) is 1. The number of hydrogen-bond acceptors (Lipinski definition) is 3. The zero-order valence-corrected chi connectivity index (χ0v) is 10.0. The van der Waals surface area contributed by atoms with Gasteiger partial charge < -0.3 is 10.1 Å². The Hall–Kier alpha value is -1.06. The van der Waals surface area contributed by atoms with Crippen LogP contribution in [0.4, 0.5) is 4.79 Å². The lowest BCUT2D eigenvalue weighted by Crippen LogP contribution is -2.42. The van der Waals surface area contributed by atoms with Gasteiger partial charge in [0.05, 0.1) is 13.2 Å². The van der Waals surface area contributed by atoms with Crippen molar-refractivity contribution in [2.24, 2.45) is 5.92 Å². The Labute approximate surface area is 91.4 Å². The van der Waals surface area contributed by atoms with E-state index >= 15 is 0 Å². The third kappa shape index (κ3) is 4.81. The van der Waals surface area contributed by atoms with Gasteiger partial charge in [0.1, 0.15) is 0 Å². The van der Waals surface area contributed by atoms with Gasteiger partial charge in [0.15, 0.2) is 5.78 Å². The molecular weight excluding hydrogens is 194 g/mol. The minimum Gasteiger partial charge on any atom is -0.453 e. The van der Waals surface area contributed by atoms with Crippen LogP contribution >= 0.6 is 0 Å². The van der Waals surface area contributed by atoms with Gasteiger partial charge in [-0.3, -0.25) is 4.79 Å². The first kappa shape index (κ1) is 13.9. The predicted molar refractivity (Wildman–Crippen MR) is 58.7 cm³/mol. The fourth-order valence-electron chi connectivity index (χ4n) is 1.32. The van der Waals surface area contributed by atoms with Crippen LogP contribution in [0.15, 0.2) is 0 Å². The molecule has 0 heterocycles. The fourth-order valence-corrected chi connectivity index (χ4v) is 1.32. The van der Waals surface area contributed by atoms with Crippen LogP contribution in [-0.4, -0.2) is 25.0 Å². The molecule has 1 unspecified atom stereocenters. The lowest BCUT2D eigenvalue weighted by atomic mass is 9.95. The summed E-state index contributed by atoms with van der Waals surface area (Å²) in [6.07, 6.45) is 1.78. The van der Waals surface area contributed by atoms with Crippen LogP contribution in [0.3, 0.4) is 0 Å². The van der Waals surface area contributed by atoms with E-state index < -0.39 is 12.1 Å². The fraction of sp³-hybridized carbons (Fsp3) is 0.818. The highest BCUT2D eigenvalue weighted by Crippen LogP contribution is 2.09. The maximum Gasteiger partial charge on any atom is 0.407 e. The van der Waals surface area contributed by atoms with E-state index in [0.717, 1.165) is 12.8 Å². The summed E-state index contributed by atoms with van der Waals surface area (Å²) < 4.78 is 4.49. The van der Waals surface area contributed by atoms with Crippen molar-refractivity contribution in [2.75, 3.05) is 7.11 Å². The Morgan fingerprint density at radius 1 is 1.33 bits per heavy atom. The second-order valence-corrected chi connectivity index (χ2v) is 3.69. The molecule has 2 atom stereocenters. The minimum atomic E-state index is -0.537. The van der Waals surface area contributed by atoms with E-state index in [1.807, 2.05) is 20.8 Å². The highest BCUT2D eigenvalue weighted by atomic mass is 16.5. The van der Waals surface area contributed by atoms with E-state index in [1.54, 1.807) is 0 Å². The molecule has 0 fully saturated rings. The van der Waals surface area contributed by atoms with Crippen LogP contribution in [-0.2, 0) is 9.53 Å². The van der Waals surface area contributed by atoms with Gasteiger partial charge in [-0.15, -0.1) is 0 Å². The summed E-state index contributed by atoms with van der Waals surface area (Å²) in [5, 5.41) is 2.57. The molecule has 0 aliphatic rings. The van der Waals surface area contributed by atoms with Crippen LogP contribution in [0.5, 0.6) is 0 Å². The maximum absolute atomic E-state index is 11.8. The molecule has 0 bridgehead atoms. The van der Waals surface area contributed by atoms with Crippen molar-refractivity contribution >= 4 is 11.9 Å². The summed E-state index contributed by atoms with van der Waals surface area (Å²) in [7, 11) is 1.30. The molecule has 0 rings (SSSR count). The summed E-state index contributed by atoms with van der Waals surface area (Å²) in [6.45, 7) is 5.82. The van der Waals surface area contributed by atoms with Crippen molar-refractivity contribution in [1.29, 1.82) is 0 Å². The number of methoxy groups -OCH3 is 1. The van der Waals surface area contributed by atoms with Crippen molar-refractivity contribution in [2.45, 2.75) is 46.1 Å². The van der Waals surface area contributed by atoms with Gasteiger partial charge in [-0.1, -0.05) is 27.2 Å². The molecule has 0 spiro atoms.